The van der Waals surface area contributed by atoms with E-state index >= 15 is 0 Å². The van der Waals surface area contributed by atoms with Gasteiger partial charge in [0.2, 0.25) is 11.2 Å². The zero-order chi connectivity index (χ0) is 16.8. The van der Waals surface area contributed by atoms with Gasteiger partial charge in [-0.15, -0.1) is 11.3 Å². The second kappa shape index (κ2) is 6.07. The minimum absolute atomic E-state index is 0.344. The van der Waals surface area contributed by atoms with E-state index in [9.17, 15) is 0 Å². The summed E-state index contributed by atoms with van der Waals surface area (Å²) in [6.07, 6.45) is 7.10. The van der Waals surface area contributed by atoms with Crippen molar-refractivity contribution in [2.75, 3.05) is 36.0 Å². The smallest absolute Gasteiger partial charge is 0.225 e. The number of hydrogen-bond acceptors (Lipinski definition) is 7. The van der Waals surface area contributed by atoms with Crippen LogP contribution in [0.3, 0.4) is 0 Å². The minimum Gasteiger partial charge on any atom is -0.352 e. The first kappa shape index (κ1) is 15.3. The molecule has 0 radical (unpaired) electrons. The lowest BCUT2D eigenvalue weighted by Gasteiger charge is -2.35. The Labute approximate surface area is 154 Å². The predicted molar refractivity (Wildman–Crippen MR) is 101 cm³/mol. The van der Waals surface area contributed by atoms with Gasteiger partial charge in [0, 0.05) is 43.4 Å². The molecule has 0 atom stereocenters. The van der Waals surface area contributed by atoms with Gasteiger partial charge in [-0.3, -0.25) is 0 Å². The second-order valence-corrected chi connectivity index (χ2v) is 7.80. The van der Waals surface area contributed by atoms with Gasteiger partial charge in [0.1, 0.15) is 10.6 Å². The SMILES string of the molecule is Clc1nc(N2CCN(c3ncccn3)CC2)c2c3c(sc2n1)CCC3. The van der Waals surface area contributed by atoms with Gasteiger partial charge < -0.3 is 9.80 Å². The number of anilines is 2. The lowest BCUT2D eigenvalue weighted by molar-refractivity contribution is 0.636. The Morgan fingerprint density at radius 2 is 1.72 bits per heavy atom. The highest BCUT2D eigenvalue weighted by atomic mass is 35.5. The van der Waals surface area contributed by atoms with Crippen molar-refractivity contribution in [3.05, 3.63) is 34.2 Å². The molecule has 0 saturated carbocycles. The molecular weight excluding hydrogens is 356 g/mol. The number of hydrogen-bond donors (Lipinski definition) is 0. The molecule has 3 aromatic rings. The third-order valence-electron chi connectivity index (χ3n) is 4.93. The summed E-state index contributed by atoms with van der Waals surface area (Å²) in [6, 6.07) is 1.84. The third kappa shape index (κ3) is 2.62. The monoisotopic (exact) mass is 372 g/mol. The van der Waals surface area contributed by atoms with Crippen LogP contribution in [0.1, 0.15) is 16.9 Å². The maximum absolute atomic E-state index is 6.22. The van der Waals surface area contributed by atoms with Gasteiger partial charge in [-0.05, 0) is 42.5 Å². The lowest BCUT2D eigenvalue weighted by Crippen LogP contribution is -2.47. The summed E-state index contributed by atoms with van der Waals surface area (Å²) in [5.41, 5.74) is 1.44. The first-order chi connectivity index (χ1) is 12.3. The van der Waals surface area contributed by atoms with Crippen LogP contribution < -0.4 is 9.80 Å². The molecule has 0 amide bonds. The number of fused-ring (bicyclic) bond motifs is 3. The van der Waals surface area contributed by atoms with Crippen molar-refractivity contribution in [1.82, 2.24) is 19.9 Å². The van der Waals surface area contributed by atoms with Crippen molar-refractivity contribution >= 4 is 44.9 Å². The first-order valence-electron chi connectivity index (χ1n) is 8.54. The predicted octanol–water partition coefficient (Wildman–Crippen LogP) is 2.95. The van der Waals surface area contributed by atoms with Gasteiger partial charge in [0.15, 0.2) is 0 Å². The molecule has 0 bridgehead atoms. The van der Waals surface area contributed by atoms with E-state index in [2.05, 4.69) is 29.7 Å². The Morgan fingerprint density at radius 1 is 0.960 bits per heavy atom. The number of nitrogens with zero attached hydrogens (tertiary/aromatic N) is 6. The molecule has 1 aliphatic carbocycles. The number of rotatable bonds is 2. The molecule has 5 rings (SSSR count). The largest absolute Gasteiger partial charge is 0.352 e. The van der Waals surface area contributed by atoms with Crippen LogP contribution in [0, 0.1) is 0 Å². The van der Waals surface area contributed by atoms with E-state index in [-0.39, 0.29) is 0 Å². The zero-order valence-corrected chi connectivity index (χ0v) is 15.2. The Bertz CT molecular complexity index is 920. The normalized spacial score (nSPS) is 17.3. The molecule has 6 nitrogen and oxygen atoms in total. The number of piperazine rings is 1. The maximum atomic E-state index is 6.22. The van der Waals surface area contributed by atoms with Crippen LogP contribution in [-0.4, -0.2) is 46.1 Å². The summed E-state index contributed by atoms with van der Waals surface area (Å²) < 4.78 is 0. The number of aromatic nitrogens is 4. The molecule has 1 fully saturated rings. The van der Waals surface area contributed by atoms with Gasteiger partial charge in [-0.2, -0.15) is 4.98 Å². The topological polar surface area (TPSA) is 58.0 Å². The van der Waals surface area contributed by atoms with E-state index in [1.165, 1.54) is 22.2 Å². The zero-order valence-electron chi connectivity index (χ0n) is 13.7. The van der Waals surface area contributed by atoms with Crippen molar-refractivity contribution in [2.45, 2.75) is 19.3 Å². The first-order valence-corrected chi connectivity index (χ1v) is 9.74. The summed E-state index contributed by atoms with van der Waals surface area (Å²) in [5.74, 6) is 1.80. The molecule has 8 heteroatoms. The van der Waals surface area contributed by atoms with Crippen LogP contribution in [-0.2, 0) is 12.8 Å². The molecule has 4 heterocycles. The van der Waals surface area contributed by atoms with Gasteiger partial charge in [-0.1, -0.05) is 0 Å². The van der Waals surface area contributed by atoms with E-state index in [1.807, 2.05) is 6.07 Å². The Hall–Kier alpha value is -1.99. The summed E-state index contributed by atoms with van der Waals surface area (Å²) in [5, 5.41) is 1.57. The standard InChI is InChI=1S/C17H17ClN6S/c18-16-21-14(13-11-3-1-4-12(11)25-15(13)22-16)23-7-9-24(10-8-23)17-19-5-2-6-20-17/h2,5-6H,1,3-4,7-10H2. The number of aryl methyl sites for hydroxylation is 2. The number of thiophene rings is 1. The maximum Gasteiger partial charge on any atom is 0.225 e. The van der Waals surface area contributed by atoms with Crippen LogP contribution in [0.5, 0.6) is 0 Å². The molecule has 1 aliphatic heterocycles. The molecule has 128 valence electrons. The molecule has 0 spiro atoms. The fourth-order valence-corrected chi connectivity index (χ4v) is 5.22. The van der Waals surface area contributed by atoms with Gasteiger partial charge >= 0.3 is 0 Å². The quantitative estimate of drug-likeness (QED) is 0.644. The molecule has 0 aromatic carbocycles. The Balaban J connectivity index is 1.46. The molecule has 3 aromatic heterocycles. The summed E-state index contributed by atoms with van der Waals surface area (Å²) in [4.78, 5) is 24.8. The summed E-state index contributed by atoms with van der Waals surface area (Å²) in [7, 11) is 0. The lowest BCUT2D eigenvalue weighted by atomic mass is 10.1. The Morgan fingerprint density at radius 3 is 2.52 bits per heavy atom. The molecule has 1 saturated heterocycles. The van der Waals surface area contributed by atoms with Gasteiger partial charge in [-0.25, -0.2) is 15.0 Å². The molecule has 0 N–H and O–H groups in total. The van der Waals surface area contributed by atoms with Gasteiger partial charge in [0.05, 0.1) is 5.39 Å². The second-order valence-electron chi connectivity index (χ2n) is 6.38. The van der Waals surface area contributed by atoms with E-state index in [4.69, 9.17) is 11.6 Å². The van der Waals surface area contributed by atoms with Crippen molar-refractivity contribution in [2.24, 2.45) is 0 Å². The third-order valence-corrected chi connectivity index (χ3v) is 6.29. The van der Waals surface area contributed by atoms with E-state index in [1.54, 1.807) is 23.7 Å². The van der Waals surface area contributed by atoms with Crippen molar-refractivity contribution in [3.8, 4) is 0 Å². The Kier molecular flexibility index (Phi) is 3.71. The average molecular weight is 373 g/mol. The summed E-state index contributed by atoms with van der Waals surface area (Å²) in [6.45, 7) is 3.51. The van der Waals surface area contributed by atoms with Crippen LogP contribution in [0.15, 0.2) is 18.5 Å². The molecule has 25 heavy (non-hydrogen) atoms. The van der Waals surface area contributed by atoms with Crippen LogP contribution in [0.25, 0.3) is 10.2 Å². The van der Waals surface area contributed by atoms with Crippen LogP contribution in [0.2, 0.25) is 5.28 Å². The fourth-order valence-electron chi connectivity index (χ4n) is 3.75. The molecule has 0 unspecified atom stereocenters. The van der Waals surface area contributed by atoms with Gasteiger partial charge in [0.25, 0.3) is 0 Å². The van der Waals surface area contributed by atoms with Crippen molar-refractivity contribution in [3.63, 3.8) is 0 Å². The highest BCUT2D eigenvalue weighted by Gasteiger charge is 2.27. The van der Waals surface area contributed by atoms with Crippen LogP contribution >= 0.6 is 22.9 Å². The number of halogens is 1. The van der Waals surface area contributed by atoms with Crippen molar-refractivity contribution in [1.29, 1.82) is 0 Å². The highest BCUT2D eigenvalue weighted by molar-refractivity contribution is 7.19. The average Bonchev–Trinajstić information content (AvgIpc) is 3.22. The molecular formula is C17H17ClN6S. The van der Waals surface area contributed by atoms with Crippen molar-refractivity contribution < 1.29 is 0 Å². The highest BCUT2D eigenvalue weighted by Crippen LogP contribution is 2.41. The van der Waals surface area contributed by atoms with Crippen LogP contribution in [0.4, 0.5) is 11.8 Å². The fraction of sp³-hybridized carbons (Fsp3) is 0.412. The minimum atomic E-state index is 0.344. The summed E-state index contributed by atoms with van der Waals surface area (Å²) >= 11 is 8.00. The molecule has 2 aliphatic rings. The van der Waals surface area contributed by atoms with E-state index in [0.29, 0.717) is 5.28 Å². The van der Waals surface area contributed by atoms with E-state index in [0.717, 1.165) is 55.6 Å². The van der Waals surface area contributed by atoms with E-state index < -0.39 is 0 Å².